The van der Waals surface area contributed by atoms with Crippen molar-refractivity contribution in [2.24, 2.45) is 0 Å². The minimum Gasteiger partial charge on any atom is -0.394 e. The van der Waals surface area contributed by atoms with Crippen LogP contribution < -0.4 is 0 Å². The quantitative estimate of drug-likeness (QED) is 0.406. The Bertz CT molecular complexity index is 1000. The van der Waals surface area contributed by atoms with Crippen molar-refractivity contribution in [2.45, 2.75) is 35.3 Å². The van der Waals surface area contributed by atoms with Crippen molar-refractivity contribution in [2.75, 3.05) is 6.61 Å². The van der Waals surface area contributed by atoms with E-state index in [-0.39, 0.29) is 0 Å². The number of nitrogens with zero attached hydrogens (tertiary/aromatic N) is 4. The van der Waals surface area contributed by atoms with Crippen molar-refractivity contribution in [3.63, 3.8) is 0 Å². The van der Waals surface area contributed by atoms with Gasteiger partial charge >= 0.3 is 0 Å². The minimum absolute atomic E-state index is 0.402. The van der Waals surface area contributed by atoms with E-state index in [1.165, 1.54) is 29.0 Å². The van der Waals surface area contributed by atoms with Crippen molar-refractivity contribution < 1.29 is 20.1 Å². The van der Waals surface area contributed by atoms with Crippen LogP contribution in [0.5, 0.6) is 0 Å². The maximum absolute atomic E-state index is 10.3. The first kappa shape index (κ1) is 19.8. The summed E-state index contributed by atoms with van der Waals surface area (Å²) in [6, 6.07) is 5.43. The monoisotopic (exact) mass is 442 g/mol. The average Bonchev–Trinajstić information content (AvgIpc) is 3.24. The number of ether oxygens (including phenoxy) is 1. The molecule has 4 atom stereocenters. The molecule has 1 fully saturated rings. The number of aliphatic hydroxyl groups excluding tert-OH is 3. The van der Waals surface area contributed by atoms with E-state index in [0.717, 1.165) is 5.56 Å². The van der Waals surface area contributed by atoms with Gasteiger partial charge in [0.15, 0.2) is 11.9 Å². The van der Waals surface area contributed by atoms with Gasteiger partial charge in [0.2, 0.25) is 0 Å². The highest BCUT2D eigenvalue weighted by Crippen LogP contribution is 2.34. The Hall–Kier alpha value is -1.46. The third-order valence-electron chi connectivity index (χ3n) is 4.48. The molecular formula is C17H16Cl2N4O4S. The number of fused-ring (bicyclic) bond motifs is 1. The summed E-state index contributed by atoms with van der Waals surface area (Å²) in [7, 11) is 0. The number of aromatic nitrogens is 4. The van der Waals surface area contributed by atoms with E-state index in [4.69, 9.17) is 27.9 Å². The molecule has 0 radical (unpaired) electrons. The van der Waals surface area contributed by atoms with Gasteiger partial charge in [0.1, 0.15) is 35.2 Å². The second-order valence-electron chi connectivity index (χ2n) is 6.27. The molecule has 28 heavy (non-hydrogen) atoms. The number of imidazole rings is 1. The molecule has 11 heteroatoms. The summed E-state index contributed by atoms with van der Waals surface area (Å²) in [5, 5.41) is 31.1. The number of thioether (sulfide) groups is 1. The molecule has 1 saturated heterocycles. The van der Waals surface area contributed by atoms with Gasteiger partial charge in [-0.1, -0.05) is 41.0 Å². The summed E-state index contributed by atoms with van der Waals surface area (Å²) in [6.07, 6.45) is -1.31. The summed E-state index contributed by atoms with van der Waals surface area (Å²) < 4.78 is 7.09. The van der Waals surface area contributed by atoms with Gasteiger partial charge in [0.25, 0.3) is 0 Å². The van der Waals surface area contributed by atoms with Crippen LogP contribution in [0.25, 0.3) is 11.2 Å². The van der Waals surface area contributed by atoms with Crippen LogP contribution in [0.15, 0.2) is 35.9 Å². The van der Waals surface area contributed by atoms with Gasteiger partial charge in [-0.15, -0.1) is 0 Å². The van der Waals surface area contributed by atoms with Crippen molar-refractivity contribution in [3.8, 4) is 0 Å². The molecule has 2 aromatic heterocycles. The lowest BCUT2D eigenvalue weighted by Gasteiger charge is -2.16. The number of rotatable bonds is 5. The molecule has 3 heterocycles. The number of hydrogen-bond acceptors (Lipinski definition) is 8. The molecule has 0 bridgehead atoms. The summed E-state index contributed by atoms with van der Waals surface area (Å²) in [5.41, 5.74) is 1.99. The molecule has 0 spiro atoms. The molecule has 3 N–H and O–H groups in total. The first-order chi connectivity index (χ1) is 13.5. The molecule has 0 aliphatic carbocycles. The normalized spacial score (nSPS) is 24.9. The number of halogens is 2. The maximum atomic E-state index is 10.3. The van der Waals surface area contributed by atoms with Crippen molar-refractivity contribution in [1.29, 1.82) is 0 Å². The fourth-order valence-electron chi connectivity index (χ4n) is 3.01. The molecule has 8 nitrogen and oxygen atoms in total. The molecule has 4 rings (SSSR count). The van der Waals surface area contributed by atoms with Crippen LogP contribution in [0.2, 0.25) is 10.0 Å². The Balaban J connectivity index is 1.59. The topological polar surface area (TPSA) is 114 Å². The zero-order valence-electron chi connectivity index (χ0n) is 14.3. The fourth-order valence-corrected chi connectivity index (χ4v) is 4.22. The van der Waals surface area contributed by atoms with Gasteiger partial charge in [0, 0.05) is 5.75 Å². The predicted molar refractivity (Wildman–Crippen MR) is 104 cm³/mol. The van der Waals surface area contributed by atoms with Crippen molar-refractivity contribution in [1.82, 2.24) is 19.5 Å². The van der Waals surface area contributed by atoms with E-state index >= 15 is 0 Å². The highest BCUT2D eigenvalue weighted by molar-refractivity contribution is 7.98. The summed E-state index contributed by atoms with van der Waals surface area (Å²) >= 11 is 13.5. The largest absolute Gasteiger partial charge is 0.394 e. The van der Waals surface area contributed by atoms with Crippen LogP contribution in [0.4, 0.5) is 0 Å². The van der Waals surface area contributed by atoms with Gasteiger partial charge in [-0.2, -0.15) is 0 Å². The third kappa shape index (κ3) is 3.59. The van der Waals surface area contributed by atoms with E-state index in [2.05, 4.69) is 15.0 Å². The smallest absolute Gasteiger partial charge is 0.166 e. The van der Waals surface area contributed by atoms with E-state index in [1.807, 2.05) is 6.07 Å². The first-order valence-electron chi connectivity index (χ1n) is 8.36. The molecule has 1 aromatic carbocycles. The van der Waals surface area contributed by atoms with Crippen LogP contribution in [-0.4, -0.2) is 59.8 Å². The van der Waals surface area contributed by atoms with Gasteiger partial charge < -0.3 is 20.1 Å². The third-order valence-corrected chi connectivity index (χ3v) is 6.26. The van der Waals surface area contributed by atoms with Crippen LogP contribution in [-0.2, 0) is 10.5 Å². The summed E-state index contributed by atoms with van der Waals surface area (Å²) in [6.45, 7) is -0.402. The first-order valence-corrected chi connectivity index (χ1v) is 10.1. The van der Waals surface area contributed by atoms with Crippen molar-refractivity contribution in [3.05, 3.63) is 46.5 Å². The Kier molecular flexibility index (Phi) is 5.75. The second kappa shape index (κ2) is 8.11. The standard InChI is InChI=1S/C17H16Cl2N4O4S/c18-9-2-1-8(3-10(9)19)5-28-16-12-15(20-6-21-16)23(7-22-12)17-14(26)13(25)11(4-24)27-17/h1-3,6-7,11,13-14,17,24-26H,4-5H2/t11-,13-,14-,17-/m1/s1. The molecule has 1 aliphatic heterocycles. The van der Waals surface area contributed by atoms with E-state index in [9.17, 15) is 15.3 Å². The summed E-state index contributed by atoms with van der Waals surface area (Å²) in [4.78, 5) is 12.9. The Morgan fingerprint density at radius 1 is 1.11 bits per heavy atom. The molecule has 3 aromatic rings. The molecule has 0 unspecified atom stereocenters. The highest BCUT2D eigenvalue weighted by Gasteiger charge is 2.44. The predicted octanol–water partition coefficient (Wildman–Crippen LogP) is 2.04. The van der Waals surface area contributed by atoms with Crippen LogP contribution >= 0.6 is 35.0 Å². The zero-order chi connectivity index (χ0) is 19.8. The van der Waals surface area contributed by atoms with Gasteiger partial charge in [-0.3, -0.25) is 4.57 Å². The average molecular weight is 443 g/mol. The Labute approximate surface area is 174 Å². The number of hydrogen-bond donors (Lipinski definition) is 3. The lowest BCUT2D eigenvalue weighted by Crippen LogP contribution is -2.33. The van der Waals surface area contributed by atoms with E-state index in [1.54, 1.807) is 12.1 Å². The Morgan fingerprint density at radius 3 is 2.64 bits per heavy atom. The van der Waals surface area contributed by atoms with Crippen LogP contribution in [0.3, 0.4) is 0 Å². The maximum Gasteiger partial charge on any atom is 0.166 e. The minimum atomic E-state index is -1.21. The lowest BCUT2D eigenvalue weighted by atomic mass is 10.1. The van der Waals surface area contributed by atoms with Gasteiger partial charge in [-0.25, -0.2) is 15.0 Å². The lowest BCUT2D eigenvalue weighted by molar-refractivity contribution is -0.0511. The molecule has 1 aliphatic rings. The Morgan fingerprint density at radius 2 is 1.93 bits per heavy atom. The molecule has 148 valence electrons. The van der Waals surface area contributed by atoms with E-state index < -0.39 is 31.1 Å². The number of benzene rings is 1. The van der Waals surface area contributed by atoms with Gasteiger partial charge in [0.05, 0.1) is 23.0 Å². The SMILES string of the molecule is OC[C@H]1O[C@@H](n2cnc3c(SCc4ccc(Cl)c(Cl)c4)ncnc32)[C@H](O)[C@@H]1O. The molecule has 0 amide bonds. The van der Waals surface area contributed by atoms with Crippen LogP contribution in [0.1, 0.15) is 11.8 Å². The van der Waals surface area contributed by atoms with Crippen molar-refractivity contribution >= 4 is 46.1 Å². The van der Waals surface area contributed by atoms with Crippen LogP contribution in [0, 0.1) is 0 Å². The second-order valence-corrected chi connectivity index (χ2v) is 8.05. The van der Waals surface area contributed by atoms with E-state index in [0.29, 0.717) is 32.0 Å². The molecule has 0 saturated carbocycles. The molecular weight excluding hydrogens is 427 g/mol. The zero-order valence-corrected chi connectivity index (χ0v) is 16.6. The summed E-state index contributed by atoms with van der Waals surface area (Å²) in [5.74, 6) is 0.601. The fraction of sp³-hybridized carbons (Fsp3) is 0.353. The number of aliphatic hydroxyl groups is 3. The highest BCUT2D eigenvalue weighted by atomic mass is 35.5. The van der Waals surface area contributed by atoms with Gasteiger partial charge in [-0.05, 0) is 17.7 Å².